The maximum Gasteiger partial charge on any atom is 0.305 e. The fourth-order valence-electron chi connectivity index (χ4n) is 1.01. The van der Waals surface area contributed by atoms with Crippen LogP contribution < -0.4 is 0 Å². The van der Waals surface area contributed by atoms with Crippen molar-refractivity contribution in [2.24, 2.45) is 0 Å². The molecule has 1 atom stereocenters. The minimum absolute atomic E-state index is 0.128. The average Bonchev–Trinajstić information content (AvgIpc) is 2.11. The average molecular weight is 200 g/mol. The first-order valence-electron chi connectivity index (χ1n) is 5.15. The third kappa shape index (κ3) is 9.26. The van der Waals surface area contributed by atoms with Gasteiger partial charge in [-0.1, -0.05) is 12.2 Å². The van der Waals surface area contributed by atoms with Gasteiger partial charge in [-0.25, -0.2) is 0 Å². The minimum Gasteiger partial charge on any atom is -0.466 e. The first kappa shape index (κ1) is 13.2. The summed E-state index contributed by atoms with van der Waals surface area (Å²) in [5.74, 6) is -0.128. The zero-order valence-corrected chi connectivity index (χ0v) is 9.03. The summed E-state index contributed by atoms with van der Waals surface area (Å²) in [6, 6.07) is 0. The van der Waals surface area contributed by atoms with Crippen molar-refractivity contribution in [3.8, 4) is 0 Å². The molecule has 0 aromatic heterocycles. The van der Waals surface area contributed by atoms with Crippen molar-refractivity contribution < 1.29 is 14.6 Å². The van der Waals surface area contributed by atoms with E-state index in [4.69, 9.17) is 9.84 Å². The minimum atomic E-state index is -0.281. The maximum absolute atomic E-state index is 10.9. The molecule has 3 heteroatoms. The molecule has 0 heterocycles. The Morgan fingerprint density at radius 3 is 2.79 bits per heavy atom. The van der Waals surface area contributed by atoms with Crippen LogP contribution in [0, 0.1) is 0 Å². The highest BCUT2D eigenvalue weighted by molar-refractivity contribution is 5.69. The van der Waals surface area contributed by atoms with Crippen LogP contribution in [0.25, 0.3) is 0 Å². The van der Waals surface area contributed by atoms with Gasteiger partial charge < -0.3 is 9.84 Å². The van der Waals surface area contributed by atoms with Gasteiger partial charge in [0.2, 0.25) is 0 Å². The number of hydrogen-bond donors (Lipinski definition) is 1. The number of aliphatic hydroxyl groups excluding tert-OH is 1. The van der Waals surface area contributed by atoms with Crippen LogP contribution >= 0.6 is 0 Å². The second-order valence-corrected chi connectivity index (χ2v) is 3.25. The van der Waals surface area contributed by atoms with Crippen molar-refractivity contribution in [1.82, 2.24) is 0 Å². The molecule has 0 bridgehead atoms. The lowest BCUT2D eigenvalue weighted by atomic mass is 10.2. The summed E-state index contributed by atoms with van der Waals surface area (Å²) in [6.07, 6.45) is 6.49. The lowest BCUT2D eigenvalue weighted by molar-refractivity contribution is -0.143. The first-order valence-corrected chi connectivity index (χ1v) is 5.15. The Bertz CT molecular complexity index is 173. The van der Waals surface area contributed by atoms with Gasteiger partial charge in [-0.05, 0) is 33.1 Å². The van der Waals surface area contributed by atoms with Crippen molar-refractivity contribution >= 4 is 5.97 Å². The van der Waals surface area contributed by atoms with Crippen LogP contribution in [0.4, 0.5) is 0 Å². The normalized spacial score (nSPS) is 13.1. The highest BCUT2D eigenvalue weighted by Crippen LogP contribution is 2.00. The third-order valence-electron chi connectivity index (χ3n) is 1.70. The molecule has 1 unspecified atom stereocenters. The molecular weight excluding hydrogens is 180 g/mol. The molecular formula is C11H20O3. The smallest absolute Gasteiger partial charge is 0.305 e. The van der Waals surface area contributed by atoms with Gasteiger partial charge >= 0.3 is 5.97 Å². The zero-order chi connectivity index (χ0) is 10.8. The molecule has 0 radical (unpaired) electrons. The molecule has 0 amide bonds. The molecule has 14 heavy (non-hydrogen) atoms. The van der Waals surface area contributed by atoms with Gasteiger partial charge in [0.05, 0.1) is 12.7 Å². The van der Waals surface area contributed by atoms with E-state index in [-0.39, 0.29) is 12.1 Å². The third-order valence-corrected chi connectivity index (χ3v) is 1.70. The molecule has 0 aliphatic heterocycles. The van der Waals surface area contributed by atoms with Gasteiger partial charge in [0.15, 0.2) is 0 Å². The molecule has 0 rings (SSSR count). The van der Waals surface area contributed by atoms with E-state index in [9.17, 15) is 4.79 Å². The number of carbonyl (C=O) groups excluding carboxylic acids is 1. The maximum atomic E-state index is 10.9. The molecule has 0 aromatic carbocycles. The summed E-state index contributed by atoms with van der Waals surface area (Å²) in [6.45, 7) is 4.01. The molecule has 0 aliphatic rings. The first-order chi connectivity index (χ1) is 6.66. The number of hydrogen-bond acceptors (Lipinski definition) is 3. The van der Waals surface area contributed by atoms with Gasteiger partial charge in [-0.2, -0.15) is 0 Å². The SMILES string of the molecule is CCOC(=O)CCC/C=C/CC(C)O. The zero-order valence-electron chi connectivity index (χ0n) is 9.03. The number of allylic oxidation sites excluding steroid dienone is 1. The predicted molar refractivity (Wildman–Crippen MR) is 55.9 cm³/mol. The predicted octanol–water partition coefficient (Wildman–Crippen LogP) is 2.05. The number of aliphatic hydroxyl groups is 1. The summed E-state index contributed by atoms with van der Waals surface area (Å²) in [5, 5.41) is 8.94. The summed E-state index contributed by atoms with van der Waals surface area (Å²) in [7, 11) is 0. The Morgan fingerprint density at radius 1 is 1.50 bits per heavy atom. The van der Waals surface area contributed by atoms with E-state index in [0.717, 1.165) is 12.8 Å². The van der Waals surface area contributed by atoms with Gasteiger partial charge in [0.1, 0.15) is 0 Å². The van der Waals surface area contributed by atoms with Crippen molar-refractivity contribution in [3.05, 3.63) is 12.2 Å². The van der Waals surface area contributed by atoms with Crippen molar-refractivity contribution in [2.75, 3.05) is 6.61 Å². The fraction of sp³-hybridized carbons (Fsp3) is 0.727. The van der Waals surface area contributed by atoms with Crippen LogP contribution in [0.5, 0.6) is 0 Å². The Balaban J connectivity index is 3.28. The number of carbonyl (C=O) groups is 1. The van der Waals surface area contributed by atoms with Gasteiger partial charge in [-0.15, -0.1) is 0 Å². The molecule has 0 aliphatic carbocycles. The van der Waals surface area contributed by atoms with E-state index in [2.05, 4.69) is 0 Å². The molecule has 82 valence electrons. The van der Waals surface area contributed by atoms with E-state index in [0.29, 0.717) is 19.4 Å². The monoisotopic (exact) mass is 200 g/mol. The molecule has 0 saturated heterocycles. The lowest BCUT2D eigenvalue weighted by Crippen LogP contribution is -2.02. The summed E-state index contributed by atoms with van der Waals surface area (Å²) in [4.78, 5) is 10.9. The Morgan fingerprint density at radius 2 is 2.21 bits per heavy atom. The Kier molecular flexibility index (Phi) is 8.24. The van der Waals surface area contributed by atoms with Crippen LogP contribution in [0.3, 0.4) is 0 Å². The van der Waals surface area contributed by atoms with Gasteiger partial charge in [0, 0.05) is 6.42 Å². The number of unbranched alkanes of at least 4 members (excludes halogenated alkanes) is 1. The summed E-state index contributed by atoms with van der Waals surface area (Å²) < 4.78 is 4.78. The quantitative estimate of drug-likeness (QED) is 0.388. The fourth-order valence-corrected chi connectivity index (χ4v) is 1.01. The van der Waals surface area contributed by atoms with E-state index in [1.165, 1.54) is 0 Å². The van der Waals surface area contributed by atoms with Crippen LogP contribution in [0.15, 0.2) is 12.2 Å². The van der Waals surface area contributed by atoms with Crippen molar-refractivity contribution in [1.29, 1.82) is 0 Å². The molecule has 3 nitrogen and oxygen atoms in total. The van der Waals surface area contributed by atoms with E-state index in [1.807, 2.05) is 12.2 Å². The Hall–Kier alpha value is -0.830. The molecule has 0 saturated carbocycles. The number of esters is 1. The van der Waals surface area contributed by atoms with Gasteiger partial charge in [-0.3, -0.25) is 4.79 Å². The molecule has 1 N–H and O–H groups in total. The van der Waals surface area contributed by atoms with Crippen molar-refractivity contribution in [3.63, 3.8) is 0 Å². The summed E-state index contributed by atoms with van der Waals surface area (Å²) >= 11 is 0. The van der Waals surface area contributed by atoms with Crippen molar-refractivity contribution in [2.45, 2.75) is 45.6 Å². The molecule has 0 aromatic rings. The van der Waals surface area contributed by atoms with Crippen LogP contribution in [-0.4, -0.2) is 23.8 Å². The Labute approximate surface area is 85.8 Å². The van der Waals surface area contributed by atoms with E-state index < -0.39 is 0 Å². The van der Waals surface area contributed by atoms with Crippen LogP contribution in [0.2, 0.25) is 0 Å². The van der Waals surface area contributed by atoms with Crippen LogP contribution in [-0.2, 0) is 9.53 Å². The standard InChI is InChI=1S/C11H20O3/c1-3-14-11(13)9-7-5-4-6-8-10(2)12/h4,6,10,12H,3,5,7-9H2,1-2H3/b6-4+. The summed E-state index contributed by atoms with van der Waals surface area (Å²) in [5.41, 5.74) is 0. The highest BCUT2D eigenvalue weighted by Gasteiger charge is 1.98. The van der Waals surface area contributed by atoms with E-state index in [1.54, 1.807) is 13.8 Å². The molecule has 0 fully saturated rings. The topological polar surface area (TPSA) is 46.5 Å². The van der Waals surface area contributed by atoms with Crippen LogP contribution in [0.1, 0.15) is 39.5 Å². The largest absolute Gasteiger partial charge is 0.466 e. The number of ether oxygens (including phenoxy) is 1. The second kappa shape index (κ2) is 8.75. The lowest BCUT2D eigenvalue weighted by Gasteiger charge is -1.99. The van der Waals surface area contributed by atoms with E-state index >= 15 is 0 Å². The number of rotatable bonds is 7. The highest BCUT2D eigenvalue weighted by atomic mass is 16.5. The molecule has 0 spiro atoms. The van der Waals surface area contributed by atoms with Gasteiger partial charge in [0.25, 0.3) is 0 Å². The second-order valence-electron chi connectivity index (χ2n) is 3.25.